The van der Waals surface area contributed by atoms with Crippen LogP contribution in [0.5, 0.6) is 0 Å². The number of benzene rings is 1. The highest BCUT2D eigenvalue weighted by atomic mass is 28.4. The molecule has 1 saturated heterocycles. The lowest BCUT2D eigenvalue weighted by Crippen LogP contribution is -2.47. The van der Waals surface area contributed by atoms with Gasteiger partial charge in [0.05, 0.1) is 18.1 Å². The van der Waals surface area contributed by atoms with Crippen LogP contribution < -0.4 is 11.2 Å². The third-order valence-corrected chi connectivity index (χ3v) is 10.9. The van der Waals surface area contributed by atoms with E-state index in [2.05, 4.69) is 57.9 Å². The highest BCUT2D eigenvalue weighted by molar-refractivity contribution is 6.74. The molecule has 1 aliphatic rings. The number of ether oxygens (including phenoxy) is 1. The van der Waals surface area contributed by atoms with Gasteiger partial charge >= 0.3 is 5.69 Å². The molecule has 0 bridgehead atoms. The van der Waals surface area contributed by atoms with Gasteiger partial charge in [-0.05, 0) is 30.1 Å². The first kappa shape index (κ1) is 23.4. The lowest BCUT2D eigenvalue weighted by molar-refractivity contribution is -0.0224. The molecule has 0 radical (unpaired) electrons. The van der Waals surface area contributed by atoms with Crippen molar-refractivity contribution in [2.75, 3.05) is 0 Å². The van der Waals surface area contributed by atoms with E-state index in [9.17, 15) is 9.59 Å². The SMILES string of the molecule is CC[C@H]1O[C@@H](n2ccc(=O)[nH]c2=O)[C@H](/C=C/c2ccccc2)[C@@H]1O[Si](C)(C)C(C)(C)C. The molecule has 4 atom stereocenters. The van der Waals surface area contributed by atoms with Crippen molar-refractivity contribution in [3.8, 4) is 0 Å². The van der Waals surface area contributed by atoms with Gasteiger partial charge < -0.3 is 9.16 Å². The van der Waals surface area contributed by atoms with E-state index in [0.717, 1.165) is 12.0 Å². The molecule has 0 spiro atoms. The molecule has 1 fully saturated rings. The smallest absolute Gasteiger partial charge is 0.330 e. The van der Waals surface area contributed by atoms with Gasteiger partial charge in [0.1, 0.15) is 6.23 Å². The van der Waals surface area contributed by atoms with Gasteiger partial charge in [-0.2, -0.15) is 0 Å². The maximum Gasteiger partial charge on any atom is 0.330 e. The zero-order valence-electron chi connectivity index (χ0n) is 19.3. The summed E-state index contributed by atoms with van der Waals surface area (Å²) in [6, 6.07) is 11.4. The minimum atomic E-state index is -2.09. The predicted molar refractivity (Wildman–Crippen MR) is 127 cm³/mol. The van der Waals surface area contributed by atoms with Crippen LogP contribution in [-0.4, -0.2) is 30.1 Å². The summed E-state index contributed by atoms with van der Waals surface area (Å²) in [6.45, 7) is 13.2. The van der Waals surface area contributed by atoms with Crippen molar-refractivity contribution >= 4 is 14.4 Å². The Morgan fingerprint density at radius 1 is 1.16 bits per heavy atom. The topological polar surface area (TPSA) is 73.3 Å². The van der Waals surface area contributed by atoms with Crippen molar-refractivity contribution in [3.63, 3.8) is 0 Å². The molecular formula is C24H34N2O4Si. The minimum absolute atomic E-state index is 0.0475. The number of aromatic amines is 1. The van der Waals surface area contributed by atoms with E-state index in [0.29, 0.717) is 0 Å². The highest BCUT2D eigenvalue weighted by Gasteiger charge is 2.49. The fraction of sp³-hybridized carbons (Fsp3) is 0.500. The molecule has 0 aliphatic carbocycles. The van der Waals surface area contributed by atoms with Crippen molar-refractivity contribution in [1.82, 2.24) is 9.55 Å². The summed E-state index contributed by atoms with van der Waals surface area (Å²) in [5, 5.41) is 0.0475. The average Bonchev–Trinajstić information content (AvgIpc) is 3.03. The van der Waals surface area contributed by atoms with E-state index in [1.54, 1.807) is 0 Å². The van der Waals surface area contributed by atoms with E-state index in [1.165, 1.54) is 16.8 Å². The molecule has 1 N–H and O–H groups in total. The van der Waals surface area contributed by atoms with Crippen LogP contribution in [0.3, 0.4) is 0 Å². The van der Waals surface area contributed by atoms with E-state index >= 15 is 0 Å². The van der Waals surface area contributed by atoms with Gasteiger partial charge in [0.15, 0.2) is 8.32 Å². The van der Waals surface area contributed by atoms with Crippen LogP contribution in [-0.2, 0) is 9.16 Å². The maximum atomic E-state index is 12.6. The van der Waals surface area contributed by atoms with Crippen molar-refractivity contribution in [2.45, 2.75) is 70.7 Å². The molecule has 0 amide bonds. The maximum absolute atomic E-state index is 12.6. The molecule has 31 heavy (non-hydrogen) atoms. The van der Waals surface area contributed by atoms with E-state index in [1.807, 2.05) is 30.3 Å². The third kappa shape index (κ3) is 5.17. The molecule has 168 valence electrons. The second kappa shape index (κ2) is 9.10. The van der Waals surface area contributed by atoms with E-state index in [4.69, 9.17) is 9.16 Å². The summed E-state index contributed by atoms with van der Waals surface area (Å²) in [5.74, 6) is -0.178. The van der Waals surface area contributed by atoms with Crippen molar-refractivity contribution < 1.29 is 9.16 Å². The number of aromatic nitrogens is 2. The number of hydrogen-bond acceptors (Lipinski definition) is 4. The molecule has 7 heteroatoms. The molecule has 0 unspecified atom stereocenters. The standard InChI is InChI=1S/C24H34N2O4Si/c1-7-19-21(30-31(5,6)24(2,3)4)18(14-13-17-11-9-8-10-12-17)22(29-19)26-16-15-20(27)25-23(26)28/h8-16,18-19,21-22H,7H2,1-6H3,(H,25,27,28)/b14-13+/t18-,19-,21+,22-/m1/s1. The Bertz CT molecular complexity index is 1020. The van der Waals surface area contributed by atoms with Crippen molar-refractivity contribution in [2.24, 2.45) is 5.92 Å². The Morgan fingerprint density at radius 2 is 1.84 bits per heavy atom. The Labute approximate surface area is 185 Å². The summed E-state index contributed by atoms with van der Waals surface area (Å²) in [4.78, 5) is 26.5. The van der Waals surface area contributed by atoms with Crippen LogP contribution in [0.1, 0.15) is 45.9 Å². The fourth-order valence-electron chi connectivity index (χ4n) is 3.63. The Balaban J connectivity index is 2.04. The Kier molecular flexibility index (Phi) is 6.88. The van der Waals surface area contributed by atoms with E-state index < -0.39 is 25.8 Å². The first-order valence-electron chi connectivity index (χ1n) is 10.9. The van der Waals surface area contributed by atoms with Crippen LogP contribution >= 0.6 is 0 Å². The van der Waals surface area contributed by atoms with Crippen LogP contribution in [0.2, 0.25) is 18.1 Å². The molecule has 2 heterocycles. The fourth-order valence-corrected chi connectivity index (χ4v) is 4.97. The van der Waals surface area contributed by atoms with Gasteiger partial charge in [-0.3, -0.25) is 14.3 Å². The quantitative estimate of drug-likeness (QED) is 0.666. The summed E-state index contributed by atoms with van der Waals surface area (Å²) in [6.07, 6.45) is 5.53. The first-order valence-corrected chi connectivity index (χ1v) is 13.8. The molecule has 0 saturated carbocycles. The summed E-state index contributed by atoms with van der Waals surface area (Å²) in [7, 11) is -2.09. The van der Waals surface area contributed by atoms with Gasteiger partial charge in [-0.15, -0.1) is 0 Å². The Morgan fingerprint density at radius 3 is 2.42 bits per heavy atom. The molecule has 2 aromatic rings. The Hall–Kier alpha value is -2.22. The van der Waals surface area contributed by atoms with Gasteiger partial charge in [-0.25, -0.2) is 4.79 Å². The monoisotopic (exact) mass is 442 g/mol. The van der Waals surface area contributed by atoms with Crippen LogP contribution in [0, 0.1) is 5.92 Å². The van der Waals surface area contributed by atoms with Crippen LogP contribution in [0.4, 0.5) is 0 Å². The number of rotatable bonds is 6. The highest BCUT2D eigenvalue weighted by Crippen LogP contribution is 2.44. The zero-order valence-corrected chi connectivity index (χ0v) is 20.3. The minimum Gasteiger partial charge on any atom is -0.411 e. The normalized spacial score (nSPS) is 24.7. The first-order chi connectivity index (χ1) is 14.5. The summed E-state index contributed by atoms with van der Waals surface area (Å²) in [5.41, 5.74) is 0.177. The third-order valence-electron chi connectivity index (χ3n) is 6.46. The number of nitrogens with zero attached hydrogens (tertiary/aromatic N) is 1. The molecule has 1 aromatic heterocycles. The second-order valence-corrected chi connectivity index (χ2v) is 14.4. The van der Waals surface area contributed by atoms with Crippen LogP contribution in [0.15, 0.2) is 58.3 Å². The second-order valence-electron chi connectivity index (χ2n) is 9.68. The van der Waals surface area contributed by atoms with Gasteiger partial charge in [0, 0.05) is 12.3 Å². The number of nitrogens with one attached hydrogen (secondary N) is 1. The zero-order chi connectivity index (χ0) is 22.8. The van der Waals surface area contributed by atoms with Crippen molar-refractivity contribution in [1.29, 1.82) is 0 Å². The van der Waals surface area contributed by atoms with Crippen molar-refractivity contribution in [3.05, 3.63) is 75.1 Å². The van der Waals surface area contributed by atoms with Gasteiger partial charge in [-0.1, -0.05) is 70.2 Å². The lowest BCUT2D eigenvalue weighted by atomic mass is 9.97. The van der Waals surface area contributed by atoms with E-state index in [-0.39, 0.29) is 23.2 Å². The molecule has 3 rings (SSSR count). The number of hydrogen-bond donors (Lipinski definition) is 1. The molecule has 6 nitrogen and oxygen atoms in total. The molecular weight excluding hydrogens is 408 g/mol. The lowest BCUT2D eigenvalue weighted by Gasteiger charge is -2.40. The summed E-state index contributed by atoms with van der Waals surface area (Å²) >= 11 is 0. The largest absolute Gasteiger partial charge is 0.411 e. The van der Waals surface area contributed by atoms with Crippen LogP contribution in [0.25, 0.3) is 6.08 Å². The van der Waals surface area contributed by atoms with Gasteiger partial charge in [0.2, 0.25) is 0 Å². The number of H-pyrrole nitrogens is 1. The average molecular weight is 443 g/mol. The molecule has 1 aliphatic heterocycles. The predicted octanol–water partition coefficient (Wildman–Crippen LogP) is 4.56. The summed E-state index contributed by atoms with van der Waals surface area (Å²) < 4.78 is 14.7. The molecule has 1 aromatic carbocycles. The van der Waals surface area contributed by atoms with Gasteiger partial charge in [0.25, 0.3) is 5.56 Å².